The summed E-state index contributed by atoms with van der Waals surface area (Å²) in [4.78, 5) is 0. The van der Waals surface area contributed by atoms with Crippen molar-refractivity contribution in [1.82, 2.24) is 0 Å². The minimum Gasteiger partial charge on any atom is -0.162 e. The number of aryl methyl sites for hydroxylation is 1. The number of benzene rings is 1. The van der Waals surface area contributed by atoms with E-state index >= 15 is 0 Å². The Kier molecular flexibility index (Phi) is 4.14. The van der Waals surface area contributed by atoms with E-state index in [1.807, 2.05) is 11.8 Å². The van der Waals surface area contributed by atoms with E-state index in [0.717, 1.165) is 5.75 Å². The van der Waals surface area contributed by atoms with Crippen LogP contribution < -0.4 is 0 Å². The highest BCUT2D eigenvalue weighted by atomic mass is 32.2. The second kappa shape index (κ2) is 5.25. The van der Waals surface area contributed by atoms with Crippen molar-refractivity contribution in [2.45, 2.75) is 6.42 Å². The van der Waals surface area contributed by atoms with E-state index in [1.54, 1.807) is 0 Å². The molecule has 1 radical (unpaired) electrons. The summed E-state index contributed by atoms with van der Waals surface area (Å²) in [5.74, 6) is 2.17. The van der Waals surface area contributed by atoms with Crippen molar-refractivity contribution in [2.75, 3.05) is 11.5 Å². The fourth-order valence-electron chi connectivity index (χ4n) is 0.937. The summed E-state index contributed by atoms with van der Waals surface area (Å²) < 4.78 is 0. The Hall–Kier alpha value is -0.430. The first kappa shape index (κ1) is 8.66. The van der Waals surface area contributed by atoms with E-state index in [4.69, 9.17) is 0 Å². The van der Waals surface area contributed by atoms with Gasteiger partial charge in [0.1, 0.15) is 0 Å². The second-order valence-electron chi connectivity index (χ2n) is 2.35. The van der Waals surface area contributed by atoms with Gasteiger partial charge in [0.2, 0.25) is 0 Å². The maximum atomic E-state index is 3.78. The smallest absolute Gasteiger partial charge is 0.00270 e. The van der Waals surface area contributed by atoms with E-state index in [0.29, 0.717) is 0 Å². The highest BCUT2D eigenvalue weighted by Gasteiger charge is 1.89. The lowest BCUT2D eigenvalue weighted by Gasteiger charge is -1.98. The predicted octanol–water partition coefficient (Wildman–Crippen LogP) is 2.80. The molecular weight excluding hydrogens is 152 g/mol. The normalized spacial score (nSPS) is 9.91. The summed E-state index contributed by atoms with van der Waals surface area (Å²) in [6.07, 6.45) is 1.17. The van der Waals surface area contributed by atoms with Gasteiger partial charge < -0.3 is 0 Å². The van der Waals surface area contributed by atoms with Crippen LogP contribution in [0.5, 0.6) is 0 Å². The number of rotatable bonds is 4. The first-order valence-corrected chi connectivity index (χ1v) is 5.00. The van der Waals surface area contributed by atoms with Gasteiger partial charge in [-0.1, -0.05) is 30.3 Å². The maximum absolute atomic E-state index is 3.78. The van der Waals surface area contributed by atoms with Crippen LogP contribution in [-0.4, -0.2) is 11.5 Å². The van der Waals surface area contributed by atoms with Crippen LogP contribution in [0.4, 0.5) is 0 Å². The van der Waals surface area contributed by atoms with Crippen molar-refractivity contribution < 1.29 is 0 Å². The topological polar surface area (TPSA) is 0 Å². The first-order chi connectivity index (χ1) is 5.43. The molecule has 0 aliphatic carbocycles. The Labute approximate surface area is 73.0 Å². The van der Waals surface area contributed by atoms with Crippen LogP contribution in [0.2, 0.25) is 0 Å². The summed E-state index contributed by atoms with van der Waals surface area (Å²) >= 11 is 1.89. The molecule has 1 heteroatoms. The van der Waals surface area contributed by atoms with Gasteiger partial charge in [-0.25, -0.2) is 0 Å². The Morgan fingerprint density at radius 2 is 1.91 bits per heavy atom. The Morgan fingerprint density at radius 1 is 1.18 bits per heavy atom. The van der Waals surface area contributed by atoms with Crippen molar-refractivity contribution in [1.29, 1.82) is 0 Å². The minimum absolute atomic E-state index is 0.979. The zero-order chi connectivity index (χ0) is 7.94. The van der Waals surface area contributed by atoms with Gasteiger partial charge in [-0.3, -0.25) is 0 Å². The molecule has 0 N–H and O–H groups in total. The molecule has 11 heavy (non-hydrogen) atoms. The summed E-state index contributed by atoms with van der Waals surface area (Å²) in [7, 11) is 0. The van der Waals surface area contributed by atoms with Gasteiger partial charge in [0.05, 0.1) is 0 Å². The van der Waals surface area contributed by atoms with Crippen molar-refractivity contribution in [2.24, 2.45) is 0 Å². The van der Waals surface area contributed by atoms with Crippen LogP contribution >= 0.6 is 11.8 Å². The molecule has 0 heterocycles. The molecule has 0 spiro atoms. The SMILES string of the molecule is [CH2]CSCCc1ccccc1. The number of hydrogen-bond donors (Lipinski definition) is 0. The fourth-order valence-corrected chi connectivity index (χ4v) is 1.52. The Morgan fingerprint density at radius 3 is 2.55 bits per heavy atom. The average molecular weight is 165 g/mol. The molecule has 59 valence electrons. The lowest BCUT2D eigenvalue weighted by Crippen LogP contribution is -1.87. The number of hydrogen-bond acceptors (Lipinski definition) is 1. The highest BCUT2D eigenvalue weighted by Crippen LogP contribution is 2.05. The summed E-state index contributed by atoms with van der Waals surface area (Å²) in [6, 6.07) is 10.6. The molecule has 0 saturated heterocycles. The van der Waals surface area contributed by atoms with Crippen LogP contribution in [0.15, 0.2) is 30.3 Å². The molecule has 1 aromatic carbocycles. The molecule has 1 rings (SSSR count). The van der Waals surface area contributed by atoms with Crippen LogP contribution in [0.25, 0.3) is 0 Å². The molecule has 0 nitrogen and oxygen atoms in total. The third kappa shape index (κ3) is 3.47. The van der Waals surface area contributed by atoms with E-state index in [-0.39, 0.29) is 0 Å². The van der Waals surface area contributed by atoms with Gasteiger partial charge in [-0.2, -0.15) is 11.8 Å². The summed E-state index contributed by atoms with van der Waals surface area (Å²) in [5.41, 5.74) is 1.42. The Bertz CT molecular complexity index is 181. The monoisotopic (exact) mass is 165 g/mol. The molecular formula is C10H13S. The molecule has 0 saturated carbocycles. The van der Waals surface area contributed by atoms with Gasteiger partial charge in [-0.05, 0) is 30.4 Å². The van der Waals surface area contributed by atoms with E-state index in [9.17, 15) is 0 Å². The third-order valence-corrected chi connectivity index (χ3v) is 2.30. The second-order valence-corrected chi connectivity index (χ2v) is 3.57. The summed E-state index contributed by atoms with van der Waals surface area (Å²) in [5, 5.41) is 0. The molecule has 0 aliphatic rings. The van der Waals surface area contributed by atoms with Crippen molar-refractivity contribution in [3.05, 3.63) is 42.8 Å². The molecule has 0 aromatic heterocycles. The van der Waals surface area contributed by atoms with Gasteiger partial charge >= 0.3 is 0 Å². The van der Waals surface area contributed by atoms with E-state index < -0.39 is 0 Å². The number of thioether (sulfide) groups is 1. The highest BCUT2D eigenvalue weighted by molar-refractivity contribution is 7.99. The fraction of sp³-hybridized carbons (Fsp3) is 0.300. The lowest BCUT2D eigenvalue weighted by molar-refractivity contribution is 1.16. The molecule has 0 fully saturated rings. The van der Waals surface area contributed by atoms with Gasteiger partial charge in [0.25, 0.3) is 0 Å². The van der Waals surface area contributed by atoms with Gasteiger partial charge in [0.15, 0.2) is 0 Å². The summed E-state index contributed by atoms with van der Waals surface area (Å²) in [6.45, 7) is 3.78. The van der Waals surface area contributed by atoms with Crippen LogP contribution in [0.1, 0.15) is 5.56 Å². The zero-order valence-corrected chi connectivity index (χ0v) is 7.44. The quantitative estimate of drug-likeness (QED) is 0.618. The van der Waals surface area contributed by atoms with Gasteiger partial charge in [-0.15, -0.1) is 0 Å². The largest absolute Gasteiger partial charge is 0.162 e. The van der Waals surface area contributed by atoms with Crippen molar-refractivity contribution >= 4 is 11.8 Å². The molecule has 0 bridgehead atoms. The molecule has 0 aliphatic heterocycles. The average Bonchev–Trinajstić information content (AvgIpc) is 2.07. The zero-order valence-electron chi connectivity index (χ0n) is 6.62. The van der Waals surface area contributed by atoms with E-state index in [2.05, 4.69) is 37.3 Å². The Balaban J connectivity index is 2.28. The molecule has 0 atom stereocenters. The van der Waals surface area contributed by atoms with Crippen molar-refractivity contribution in [3.63, 3.8) is 0 Å². The standard InChI is InChI=1S/C10H13S/c1-2-11-9-8-10-6-4-3-5-7-10/h3-7H,1-2,8-9H2. The van der Waals surface area contributed by atoms with Crippen molar-refractivity contribution in [3.8, 4) is 0 Å². The predicted molar refractivity (Wildman–Crippen MR) is 52.8 cm³/mol. The molecule has 0 amide bonds. The minimum atomic E-state index is 0.979. The molecule has 1 aromatic rings. The van der Waals surface area contributed by atoms with Crippen LogP contribution in [0, 0.1) is 6.92 Å². The maximum Gasteiger partial charge on any atom is -0.00270 e. The third-order valence-electron chi connectivity index (χ3n) is 1.52. The first-order valence-electron chi connectivity index (χ1n) is 3.84. The molecule has 0 unspecified atom stereocenters. The van der Waals surface area contributed by atoms with Crippen LogP contribution in [-0.2, 0) is 6.42 Å². The van der Waals surface area contributed by atoms with Crippen LogP contribution in [0.3, 0.4) is 0 Å². The van der Waals surface area contributed by atoms with Gasteiger partial charge in [0, 0.05) is 0 Å². The lowest BCUT2D eigenvalue weighted by atomic mass is 10.2. The van der Waals surface area contributed by atoms with E-state index in [1.165, 1.54) is 17.7 Å².